The highest BCUT2D eigenvalue weighted by Gasteiger charge is 2.22. The van der Waals surface area contributed by atoms with Crippen LogP contribution in [0, 0.1) is 12.8 Å². The van der Waals surface area contributed by atoms with E-state index in [9.17, 15) is 0 Å². The fourth-order valence-corrected chi connectivity index (χ4v) is 5.67. The van der Waals surface area contributed by atoms with Crippen LogP contribution in [0.3, 0.4) is 0 Å². The van der Waals surface area contributed by atoms with E-state index in [2.05, 4.69) is 32.5 Å². The van der Waals surface area contributed by atoms with Gasteiger partial charge in [-0.3, -0.25) is 0 Å². The van der Waals surface area contributed by atoms with Gasteiger partial charge in [-0.05, 0) is 56.0 Å². The number of hydrogen-bond acceptors (Lipinski definition) is 5. The normalized spacial score (nSPS) is 20.1. The third kappa shape index (κ3) is 4.20. The average Bonchev–Trinajstić information content (AvgIpc) is 3.08. The molecule has 2 aliphatic rings. The van der Waals surface area contributed by atoms with Gasteiger partial charge in [0.15, 0.2) is 0 Å². The summed E-state index contributed by atoms with van der Waals surface area (Å²) in [5.74, 6) is 2.16. The largest absolute Gasteiger partial charge is 0.355 e. The first-order chi connectivity index (χ1) is 12.8. The molecule has 5 heteroatoms. The first-order valence-corrected chi connectivity index (χ1v) is 11.4. The summed E-state index contributed by atoms with van der Waals surface area (Å²) >= 11 is 1.78. The van der Waals surface area contributed by atoms with Crippen molar-refractivity contribution in [1.82, 2.24) is 15.3 Å². The topological polar surface area (TPSA) is 41.0 Å². The molecule has 4 rings (SSSR count). The molecule has 2 fully saturated rings. The van der Waals surface area contributed by atoms with Gasteiger partial charge in [0.25, 0.3) is 0 Å². The van der Waals surface area contributed by atoms with Crippen molar-refractivity contribution in [1.29, 1.82) is 0 Å². The van der Waals surface area contributed by atoms with Crippen molar-refractivity contribution in [3.8, 4) is 0 Å². The molecule has 3 heterocycles. The van der Waals surface area contributed by atoms with Gasteiger partial charge >= 0.3 is 0 Å². The Morgan fingerprint density at radius 1 is 1.12 bits per heavy atom. The highest BCUT2D eigenvalue weighted by Crippen LogP contribution is 2.32. The van der Waals surface area contributed by atoms with Gasteiger partial charge in [-0.1, -0.05) is 32.1 Å². The number of nitrogens with one attached hydrogen (secondary N) is 1. The maximum Gasteiger partial charge on any atom is 0.150 e. The van der Waals surface area contributed by atoms with E-state index >= 15 is 0 Å². The van der Waals surface area contributed by atoms with Gasteiger partial charge in [0, 0.05) is 19.1 Å². The molecule has 1 aliphatic carbocycles. The monoisotopic (exact) mass is 372 g/mol. The maximum atomic E-state index is 4.60. The van der Waals surface area contributed by atoms with Crippen LogP contribution in [0.4, 0.5) is 5.82 Å². The lowest BCUT2D eigenvalue weighted by molar-refractivity contribution is 0.323. The Kier molecular flexibility index (Phi) is 6.05. The van der Waals surface area contributed by atoms with Crippen molar-refractivity contribution >= 4 is 27.4 Å². The van der Waals surface area contributed by atoms with E-state index < -0.39 is 0 Å². The highest BCUT2D eigenvalue weighted by atomic mass is 32.1. The van der Waals surface area contributed by atoms with Crippen LogP contribution < -0.4 is 10.2 Å². The van der Waals surface area contributed by atoms with Gasteiger partial charge in [-0.25, -0.2) is 9.97 Å². The molecule has 142 valence electrons. The Morgan fingerprint density at radius 2 is 1.92 bits per heavy atom. The number of aromatic nitrogens is 2. The lowest BCUT2D eigenvalue weighted by Crippen LogP contribution is -2.43. The van der Waals surface area contributed by atoms with Gasteiger partial charge < -0.3 is 10.2 Å². The van der Waals surface area contributed by atoms with E-state index in [1.807, 2.05) is 0 Å². The fraction of sp³-hybridized carbons (Fsp3) is 0.714. The maximum absolute atomic E-state index is 4.60. The number of piperidine rings is 1. The molecule has 0 bridgehead atoms. The van der Waals surface area contributed by atoms with Crippen LogP contribution in [0.15, 0.2) is 11.7 Å². The third-order valence-corrected chi connectivity index (χ3v) is 7.34. The molecule has 0 spiro atoms. The summed E-state index contributed by atoms with van der Waals surface area (Å²) in [6.45, 7) is 5.54. The summed E-state index contributed by atoms with van der Waals surface area (Å²) < 4.78 is 1.25. The molecule has 26 heavy (non-hydrogen) atoms. The molecule has 4 nitrogen and oxygen atoms in total. The highest BCUT2D eigenvalue weighted by molar-refractivity contribution is 7.18. The Labute approximate surface area is 161 Å². The standard InChI is InChI=1S/C21H32N4S/c1-16-14-26-20-19(16)23-15-24-21(20)25-12-9-18(10-13-25)22-11-5-8-17-6-3-2-4-7-17/h14-15,17-18,22H,2-13H2,1H3. The van der Waals surface area contributed by atoms with Gasteiger partial charge in [0.05, 0.1) is 10.2 Å². The lowest BCUT2D eigenvalue weighted by atomic mass is 9.86. The van der Waals surface area contributed by atoms with Crippen LogP contribution in [0.2, 0.25) is 0 Å². The second-order valence-electron chi connectivity index (χ2n) is 8.16. The van der Waals surface area contributed by atoms with Crippen LogP contribution >= 0.6 is 11.3 Å². The van der Waals surface area contributed by atoms with Crippen LogP contribution in [0.25, 0.3) is 10.2 Å². The van der Waals surface area contributed by atoms with Crippen molar-refractivity contribution in [3.05, 3.63) is 17.3 Å². The third-order valence-electron chi connectivity index (χ3n) is 6.25. The van der Waals surface area contributed by atoms with Gasteiger partial charge in [-0.2, -0.15) is 0 Å². The molecule has 0 unspecified atom stereocenters. The van der Waals surface area contributed by atoms with Crippen molar-refractivity contribution in [3.63, 3.8) is 0 Å². The number of fused-ring (bicyclic) bond motifs is 1. The Hall–Kier alpha value is -1.20. The molecule has 0 aromatic carbocycles. The van der Waals surface area contributed by atoms with Crippen LogP contribution in [0.5, 0.6) is 0 Å². The quantitative estimate of drug-likeness (QED) is 0.731. The molecule has 1 saturated heterocycles. The van der Waals surface area contributed by atoms with E-state index in [1.165, 1.54) is 74.6 Å². The van der Waals surface area contributed by atoms with E-state index in [1.54, 1.807) is 17.7 Å². The predicted molar refractivity (Wildman–Crippen MR) is 111 cm³/mol. The first kappa shape index (κ1) is 18.2. The zero-order valence-corrected chi connectivity index (χ0v) is 16.9. The Bertz CT molecular complexity index is 699. The molecule has 0 amide bonds. The van der Waals surface area contributed by atoms with E-state index in [4.69, 9.17) is 0 Å². The molecule has 1 N–H and O–H groups in total. The second-order valence-corrected chi connectivity index (χ2v) is 9.04. The number of nitrogens with zero attached hydrogens (tertiary/aromatic N) is 3. The lowest BCUT2D eigenvalue weighted by Gasteiger charge is -2.33. The fourth-order valence-electron chi connectivity index (χ4n) is 4.65. The number of thiophene rings is 1. The van der Waals surface area contributed by atoms with Crippen LogP contribution in [0.1, 0.15) is 63.4 Å². The number of rotatable bonds is 6. The van der Waals surface area contributed by atoms with Crippen molar-refractivity contribution in [2.24, 2.45) is 5.92 Å². The number of anilines is 1. The number of aryl methyl sites for hydroxylation is 1. The summed E-state index contributed by atoms with van der Waals surface area (Å²) in [7, 11) is 0. The van der Waals surface area contributed by atoms with Crippen LogP contribution in [-0.2, 0) is 0 Å². The summed E-state index contributed by atoms with van der Waals surface area (Å²) in [5.41, 5.74) is 2.39. The minimum atomic E-state index is 0.681. The second kappa shape index (κ2) is 8.66. The van der Waals surface area contributed by atoms with Crippen molar-refractivity contribution in [2.45, 2.75) is 70.8 Å². The summed E-state index contributed by atoms with van der Waals surface area (Å²) in [5, 5.41) is 6.02. The molecule has 2 aromatic heterocycles. The first-order valence-electron chi connectivity index (χ1n) is 10.5. The van der Waals surface area contributed by atoms with E-state index in [0.29, 0.717) is 6.04 Å². The predicted octanol–water partition coefficient (Wildman–Crippen LogP) is 4.92. The molecule has 1 aliphatic heterocycles. The molecule has 1 saturated carbocycles. The molecule has 0 atom stereocenters. The molecular weight excluding hydrogens is 340 g/mol. The smallest absolute Gasteiger partial charge is 0.150 e. The SMILES string of the molecule is Cc1csc2c(N3CCC(NCCCC4CCCCC4)CC3)ncnc12. The van der Waals surface area contributed by atoms with Gasteiger partial charge in [0.1, 0.15) is 12.1 Å². The van der Waals surface area contributed by atoms with Crippen LogP contribution in [-0.4, -0.2) is 35.6 Å². The van der Waals surface area contributed by atoms with E-state index in [0.717, 1.165) is 30.3 Å². The summed E-state index contributed by atoms with van der Waals surface area (Å²) in [6.07, 6.45) is 14.3. The molecule has 0 radical (unpaired) electrons. The zero-order valence-electron chi connectivity index (χ0n) is 16.0. The van der Waals surface area contributed by atoms with Gasteiger partial charge in [-0.15, -0.1) is 11.3 Å². The van der Waals surface area contributed by atoms with Crippen molar-refractivity contribution in [2.75, 3.05) is 24.5 Å². The molecular formula is C21H32N4S. The van der Waals surface area contributed by atoms with Crippen molar-refractivity contribution < 1.29 is 0 Å². The summed E-state index contributed by atoms with van der Waals surface area (Å²) in [6, 6.07) is 0.681. The Balaban J connectivity index is 1.22. The Morgan fingerprint density at radius 3 is 2.73 bits per heavy atom. The zero-order chi connectivity index (χ0) is 17.8. The molecule has 2 aromatic rings. The number of hydrogen-bond donors (Lipinski definition) is 1. The average molecular weight is 373 g/mol. The minimum Gasteiger partial charge on any atom is -0.355 e. The summed E-state index contributed by atoms with van der Waals surface area (Å²) in [4.78, 5) is 11.5. The van der Waals surface area contributed by atoms with Gasteiger partial charge in [0.2, 0.25) is 0 Å². The van der Waals surface area contributed by atoms with E-state index in [-0.39, 0.29) is 0 Å². The minimum absolute atomic E-state index is 0.681.